The summed E-state index contributed by atoms with van der Waals surface area (Å²) in [5, 5.41) is 16.7. The predicted octanol–water partition coefficient (Wildman–Crippen LogP) is 0.943. The summed E-state index contributed by atoms with van der Waals surface area (Å²) in [6.07, 6.45) is 2.28. The van der Waals surface area contributed by atoms with Gasteiger partial charge in [-0.25, -0.2) is 0 Å². The summed E-state index contributed by atoms with van der Waals surface area (Å²) in [4.78, 5) is 0. The molecule has 0 bridgehead atoms. The molecule has 1 aliphatic heterocycles. The van der Waals surface area contributed by atoms with Crippen LogP contribution in [-0.4, -0.2) is 24.2 Å². The Kier molecular flexibility index (Phi) is 1.97. The van der Waals surface area contributed by atoms with E-state index in [1.54, 1.807) is 6.07 Å². The standard InChI is InChI=1S/C12H16N2O/c15-11-4-2-1-3-10(11)12(5-6-12)14-9-7-13-8-9/h1-4,9,13-15H,5-8H2. The average Bonchev–Trinajstić information content (AvgIpc) is 2.94. The second-order valence-electron chi connectivity index (χ2n) is 4.60. The fraction of sp³-hybridized carbons (Fsp3) is 0.500. The molecule has 2 fully saturated rings. The van der Waals surface area contributed by atoms with Crippen molar-refractivity contribution in [3.63, 3.8) is 0 Å². The van der Waals surface area contributed by atoms with Crippen LogP contribution in [0.15, 0.2) is 24.3 Å². The SMILES string of the molecule is Oc1ccccc1C1(NC2CNC2)CC1. The first-order chi connectivity index (χ1) is 7.30. The summed E-state index contributed by atoms with van der Waals surface area (Å²) in [6, 6.07) is 8.25. The van der Waals surface area contributed by atoms with Crippen LogP contribution in [0.2, 0.25) is 0 Å². The van der Waals surface area contributed by atoms with Crippen molar-refractivity contribution in [3.8, 4) is 5.75 Å². The molecular formula is C12H16N2O. The van der Waals surface area contributed by atoms with Crippen molar-refractivity contribution < 1.29 is 5.11 Å². The smallest absolute Gasteiger partial charge is 0.120 e. The molecule has 3 rings (SSSR count). The number of phenolic OH excluding ortho intramolecular Hbond substituents is 1. The Balaban J connectivity index is 1.83. The maximum Gasteiger partial charge on any atom is 0.120 e. The number of rotatable bonds is 3. The minimum absolute atomic E-state index is 0.0676. The molecule has 80 valence electrons. The fourth-order valence-electron chi connectivity index (χ4n) is 2.28. The summed E-state index contributed by atoms with van der Waals surface area (Å²) in [7, 11) is 0. The second kappa shape index (κ2) is 3.22. The number of hydrogen-bond acceptors (Lipinski definition) is 3. The first-order valence-electron chi connectivity index (χ1n) is 5.57. The summed E-state index contributed by atoms with van der Waals surface area (Å²) in [5.41, 5.74) is 1.13. The maximum absolute atomic E-state index is 9.83. The molecule has 2 aliphatic rings. The zero-order chi connectivity index (χ0) is 10.3. The highest BCUT2D eigenvalue weighted by atomic mass is 16.3. The summed E-state index contributed by atoms with van der Waals surface area (Å²) < 4.78 is 0. The summed E-state index contributed by atoms with van der Waals surface area (Å²) >= 11 is 0. The first-order valence-corrected chi connectivity index (χ1v) is 5.57. The van der Waals surface area contributed by atoms with Gasteiger partial charge in [0.2, 0.25) is 0 Å². The molecule has 3 nitrogen and oxygen atoms in total. The third-order valence-corrected chi connectivity index (χ3v) is 3.43. The monoisotopic (exact) mass is 204 g/mol. The van der Waals surface area contributed by atoms with Gasteiger partial charge in [-0.3, -0.25) is 0 Å². The second-order valence-corrected chi connectivity index (χ2v) is 4.60. The van der Waals surface area contributed by atoms with Crippen molar-refractivity contribution in [2.45, 2.75) is 24.4 Å². The lowest BCUT2D eigenvalue weighted by Gasteiger charge is -2.33. The lowest BCUT2D eigenvalue weighted by molar-refractivity contribution is 0.314. The Bertz CT molecular complexity index is 370. The van der Waals surface area contributed by atoms with Gasteiger partial charge in [0.05, 0.1) is 0 Å². The largest absolute Gasteiger partial charge is 0.508 e. The van der Waals surface area contributed by atoms with Gasteiger partial charge in [-0.2, -0.15) is 0 Å². The van der Waals surface area contributed by atoms with Crippen LogP contribution in [-0.2, 0) is 5.54 Å². The number of para-hydroxylation sites is 1. The van der Waals surface area contributed by atoms with Gasteiger partial charge in [-0.1, -0.05) is 18.2 Å². The molecule has 1 saturated heterocycles. The van der Waals surface area contributed by atoms with Gasteiger partial charge < -0.3 is 15.7 Å². The number of phenols is 1. The van der Waals surface area contributed by atoms with E-state index in [0.29, 0.717) is 11.8 Å². The van der Waals surface area contributed by atoms with Crippen LogP contribution in [0.3, 0.4) is 0 Å². The van der Waals surface area contributed by atoms with Gasteiger partial charge in [-0.15, -0.1) is 0 Å². The zero-order valence-corrected chi connectivity index (χ0v) is 8.66. The molecule has 0 amide bonds. The van der Waals surface area contributed by atoms with E-state index in [1.807, 2.05) is 18.2 Å². The van der Waals surface area contributed by atoms with Crippen LogP contribution in [0.5, 0.6) is 5.75 Å². The van der Waals surface area contributed by atoms with Gasteiger partial charge in [0.15, 0.2) is 0 Å². The van der Waals surface area contributed by atoms with Crippen LogP contribution in [0.4, 0.5) is 0 Å². The Labute approximate surface area is 89.5 Å². The lowest BCUT2D eigenvalue weighted by atomic mass is 10.0. The van der Waals surface area contributed by atoms with E-state index in [2.05, 4.69) is 10.6 Å². The molecular weight excluding hydrogens is 188 g/mol. The van der Waals surface area contributed by atoms with E-state index in [0.717, 1.165) is 31.5 Å². The molecule has 1 aromatic rings. The van der Waals surface area contributed by atoms with Gasteiger partial charge in [0, 0.05) is 30.2 Å². The molecule has 0 spiro atoms. The Hall–Kier alpha value is -1.06. The Morgan fingerprint density at radius 1 is 1.27 bits per heavy atom. The normalized spacial score (nSPS) is 23.5. The predicted molar refractivity (Wildman–Crippen MR) is 58.8 cm³/mol. The van der Waals surface area contributed by atoms with Crippen molar-refractivity contribution in [1.82, 2.24) is 10.6 Å². The molecule has 3 N–H and O–H groups in total. The number of benzene rings is 1. The fourth-order valence-corrected chi connectivity index (χ4v) is 2.28. The van der Waals surface area contributed by atoms with Crippen molar-refractivity contribution in [2.24, 2.45) is 0 Å². The zero-order valence-electron chi connectivity index (χ0n) is 8.66. The first kappa shape index (κ1) is 9.19. The van der Waals surface area contributed by atoms with Crippen LogP contribution in [0.1, 0.15) is 18.4 Å². The third kappa shape index (κ3) is 1.52. The van der Waals surface area contributed by atoms with Crippen molar-refractivity contribution in [2.75, 3.05) is 13.1 Å². The highest BCUT2D eigenvalue weighted by Gasteiger charge is 2.47. The molecule has 0 atom stereocenters. The van der Waals surface area contributed by atoms with Crippen LogP contribution in [0, 0.1) is 0 Å². The van der Waals surface area contributed by atoms with E-state index < -0.39 is 0 Å². The van der Waals surface area contributed by atoms with Crippen molar-refractivity contribution >= 4 is 0 Å². The minimum Gasteiger partial charge on any atom is -0.508 e. The number of aromatic hydroxyl groups is 1. The highest BCUT2D eigenvalue weighted by Crippen LogP contribution is 2.48. The molecule has 1 heterocycles. The van der Waals surface area contributed by atoms with Crippen LogP contribution < -0.4 is 10.6 Å². The minimum atomic E-state index is 0.0676. The van der Waals surface area contributed by atoms with Crippen LogP contribution >= 0.6 is 0 Å². The maximum atomic E-state index is 9.83. The van der Waals surface area contributed by atoms with Gasteiger partial charge in [-0.05, 0) is 18.9 Å². The lowest BCUT2D eigenvalue weighted by Crippen LogP contribution is -2.58. The molecule has 1 saturated carbocycles. The Morgan fingerprint density at radius 2 is 2.00 bits per heavy atom. The summed E-state index contributed by atoms with van der Waals surface area (Å²) in [6.45, 7) is 2.10. The average molecular weight is 204 g/mol. The molecule has 3 heteroatoms. The number of nitrogens with one attached hydrogen (secondary N) is 2. The molecule has 15 heavy (non-hydrogen) atoms. The topological polar surface area (TPSA) is 44.3 Å². The molecule has 1 aliphatic carbocycles. The Morgan fingerprint density at radius 3 is 2.53 bits per heavy atom. The van der Waals surface area contributed by atoms with Gasteiger partial charge in [0.25, 0.3) is 0 Å². The van der Waals surface area contributed by atoms with E-state index >= 15 is 0 Å². The molecule has 0 radical (unpaired) electrons. The highest BCUT2D eigenvalue weighted by molar-refractivity contribution is 5.41. The van der Waals surface area contributed by atoms with Gasteiger partial charge >= 0.3 is 0 Å². The van der Waals surface area contributed by atoms with E-state index in [4.69, 9.17) is 0 Å². The third-order valence-electron chi connectivity index (χ3n) is 3.43. The van der Waals surface area contributed by atoms with Crippen molar-refractivity contribution in [1.29, 1.82) is 0 Å². The number of hydrogen-bond donors (Lipinski definition) is 3. The summed E-state index contributed by atoms with van der Waals surface area (Å²) in [5.74, 6) is 0.426. The van der Waals surface area contributed by atoms with Crippen LogP contribution in [0.25, 0.3) is 0 Å². The van der Waals surface area contributed by atoms with E-state index in [1.165, 1.54) is 0 Å². The van der Waals surface area contributed by atoms with Gasteiger partial charge in [0.1, 0.15) is 5.75 Å². The quantitative estimate of drug-likeness (QED) is 0.686. The van der Waals surface area contributed by atoms with Crippen molar-refractivity contribution in [3.05, 3.63) is 29.8 Å². The molecule has 1 aromatic carbocycles. The van der Waals surface area contributed by atoms with E-state index in [-0.39, 0.29) is 5.54 Å². The van der Waals surface area contributed by atoms with E-state index in [9.17, 15) is 5.11 Å². The molecule has 0 aromatic heterocycles. The molecule has 0 unspecified atom stereocenters.